The first kappa shape index (κ1) is 9.35. The van der Waals surface area contributed by atoms with Crippen molar-refractivity contribution < 1.29 is 9.53 Å². The summed E-state index contributed by atoms with van der Waals surface area (Å²) < 4.78 is 7.06. The molecule has 80 valence electrons. The second-order valence-electron chi connectivity index (χ2n) is 3.37. The van der Waals surface area contributed by atoms with E-state index in [2.05, 4.69) is 4.98 Å². The predicted octanol–water partition coefficient (Wildman–Crippen LogP) is 2.37. The highest BCUT2D eigenvalue weighted by Gasteiger charge is 2.08. The average Bonchev–Trinajstić information content (AvgIpc) is 2.84. The zero-order chi connectivity index (χ0) is 11.1. The highest BCUT2D eigenvalue weighted by molar-refractivity contribution is 7.18. The van der Waals surface area contributed by atoms with Gasteiger partial charge in [0.05, 0.1) is 23.0 Å². The van der Waals surface area contributed by atoms with Crippen LogP contribution in [0.4, 0.5) is 0 Å². The molecule has 0 radical (unpaired) electrons. The fraction of sp³-hybridized carbons (Fsp3) is 0.0909. The molecule has 2 heterocycles. The van der Waals surface area contributed by atoms with Crippen molar-refractivity contribution in [3.63, 3.8) is 0 Å². The Labute approximate surface area is 95.1 Å². The van der Waals surface area contributed by atoms with Crippen LogP contribution < -0.4 is 4.74 Å². The molecular weight excluding hydrogens is 224 g/mol. The van der Waals surface area contributed by atoms with Gasteiger partial charge in [0.1, 0.15) is 5.75 Å². The molecule has 16 heavy (non-hydrogen) atoms. The van der Waals surface area contributed by atoms with Gasteiger partial charge in [0, 0.05) is 12.3 Å². The number of fused-ring (bicyclic) bond motifs is 3. The summed E-state index contributed by atoms with van der Waals surface area (Å²) in [5, 5.41) is 0. The van der Waals surface area contributed by atoms with Gasteiger partial charge in [-0.25, -0.2) is 4.98 Å². The zero-order valence-corrected chi connectivity index (χ0v) is 9.32. The lowest BCUT2D eigenvalue weighted by Gasteiger charge is -1.97. The number of hydrogen-bond acceptors (Lipinski definition) is 4. The molecule has 1 aromatic carbocycles. The van der Waals surface area contributed by atoms with Crippen LogP contribution in [-0.4, -0.2) is 22.8 Å². The van der Waals surface area contributed by atoms with Gasteiger partial charge in [0.25, 0.3) is 0 Å². The topological polar surface area (TPSA) is 43.6 Å². The Hall–Kier alpha value is -1.88. The lowest BCUT2D eigenvalue weighted by molar-refractivity contribution is 0.112. The normalized spacial score (nSPS) is 11.1. The van der Waals surface area contributed by atoms with Crippen LogP contribution in [0.5, 0.6) is 5.75 Å². The molecule has 2 aromatic heterocycles. The van der Waals surface area contributed by atoms with E-state index < -0.39 is 0 Å². The first-order chi connectivity index (χ1) is 7.81. The fourth-order valence-electron chi connectivity index (χ4n) is 1.69. The van der Waals surface area contributed by atoms with Crippen LogP contribution in [0.2, 0.25) is 0 Å². The van der Waals surface area contributed by atoms with E-state index >= 15 is 0 Å². The quantitative estimate of drug-likeness (QED) is 0.637. The summed E-state index contributed by atoms with van der Waals surface area (Å²) in [6.07, 6.45) is 2.64. The van der Waals surface area contributed by atoms with E-state index in [9.17, 15) is 4.79 Å². The van der Waals surface area contributed by atoms with Gasteiger partial charge in [-0.05, 0) is 12.1 Å². The van der Waals surface area contributed by atoms with Crippen LogP contribution in [0.3, 0.4) is 0 Å². The van der Waals surface area contributed by atoms with Gasteiger partial charge in [0.2, 0.25) is 0 Å². The lowest BCUT2D eigenvalue weighted by atomic mass is 10.3. The van der Waals surface area contributed by atoms with Crippen molar-refractivity contribution in [2.24, 2.45) is 0 Å². The summed E-state index contributed by atoms with van der Waals surface area (Å²) in [6.45, 7) is 0. The van der Waals surface area contributed by atoms with Crippen molar-refractivity contribution in [1.82, 2.24) is 9.38 Å². The number of ether oxygens (including phenoxy) is 1. The molecule has 0 bridgehead atoms. The first-order valence-electron chi connectivity index (χ1n) is 4.72. The molecule has 5 heteroatoms. The number of benzene rings is 1. The van der Waals surface area contributed by atoms with Crippen LogP contribution in [0.1, 0.15) is 9.67 Å². The number of hydrogen-bond donors (Lipinski definition) is 0. The van der Waals surface area contributed by atoms with Crippen LogP contribution >= 0.6 is 11.3 Å². The molecular formula is C11H8N2O2S. The van der Waals surface area contributed by atoms with E-state index in [4.69, 9.17) is 4.74 Å². The molecule has 3 aromatic rings. The maximum atomic E-state index is 10.7. The standard InChI is InChI=1S/C11H8N2O2S/c1-15-7-2-3-10-9(4-7)12-11-13(10)5-8(6-14)16-11/h2-6H,1H3. The molecule has 4 nitrogen and oxygen atoms in total. The number of thiazole rings is 1. The third kappa shape index (κ3) is 1.22. The molecule has 0 aliphatic carbocycles. The molecule has 0 aliphatic heterocycles. The third-order valence-corrected chi connectivity index (χ3v) is 3.35. The molecule has 0 atom stereocenters. The van der Waals surface area contributed by atoms with Gasteiger partial charge in [-0.1, -0.05) is 11.3 Å². The van der Waals surface area contributed by atoms with Gasteiger partial charge in [-0.15, -0.1) is 0 Å². The van der Waals surface area contributed by atoms with Crippen molar-refractivity contribution in [3.8, 4) is 5.75 Å². The summed E-state index contributed by atoms with van der Waals surface area (Å²) in [6, 6.07) is 5.71. The summed E-state index contributed by atoms with van der Waals surface area (Å²) in [5.41, 5.74) is 1.86. The molecule has 3 rings (SSSR count). The number of imidazole rings is 1. The molecule has 0 saturated carbocycles. The Morgan fingerprint density at radius 1 is 1.50 bits per heavy atom. The number of carbonyl (C=O) groups is 1. The molecule has 0 fully saturated rings. The molecule has 0 unspecified atom stereocenters. The third-order valence-electron chi connectivity index (χ3n) is 2.45. The second kappa shape index (κ2) is 3.31. The van der Waals surface area contributed by atoms with Crippen molar-refractivity contribution in [3.05, 3.63) is 29.3 Å². The molecule has 0 aliphatic rings. The number of carbonyl (C=O) groups excluding carboxylic acids is 1. The van der Waals surface area contributed by atoms with Gasteiger partial charge >= 0.3 is 0 Å². The molecule has 0 saturated heterocycles. The minimum absolute atomic E-state index is 0.681. The van der Waals surface area contributed by atoms with Crippen LogP contribution in [0, 0.1) is 0 Å². The fourth-order valence-corrected chi connectivity index (χ4v) is 2.50. The Morgan fingerprint density at radius 3 is 3.12 bits per heavy atom. The van der Waals surface area contributed by atoms with E-state index in [1.165, 1.54) is 11.3 Å². The van der Waals surface area contributed by atoms with Crippen LogP contribution in [0.25, 0.3) is 16.0 Å². The SMILES string of the molecule is COc1ccc2c(c1)nc1sc(C=O)cn12. The molecule has 0 spiro atoms. The van der Waals surface area contributed by atoms with E-state index in [1.807, 2.05) is 22.6 Å². The highest BCUT2D eigenvalue weighted by atomic mass is 32.1. The predicted molar refractivity (Wildman–Crippen MR) is 62.5 cm³/mol. The highest BCUT2D eigenvalue weighted by Crippen LogP contribution is 2.25. The Kier molecular flexibility index (Phi) is 1.94. The lowest BCUT2D eigenvalue weighted by Crippen LogP contribution is -1.82. The van der Waals surface area contributed by atoms with E-state index in [0.717, 1.165) is 28.0 Å². The Balaban J connectivity index is 2.35. The number of rotatable bonds is 2. The van der Waals surface area contributed by atoms with Crippen LogP contribution in [-0.2, 0) is 0 Å². The van der Waals surface area contributed by atoms with Gasteiger partial charge in [-0.3, -0.25) is 9.20 Å². The second-order valence-corrected chi connectivity index (χ2v) is 4.41. The number of aldehydes is 1. The smallest absolute Gasteiger partial charge is 0.195 e. The largest absolute Gasteiger partial charge is 0.497 e. The molecule has 0 amide bonds. The van der Waals surface area contributed by atoms with Gasteiger partial charge < -0.3 is 4.74 Å². The summed E-state index contributed by atoms with van der Waals surface area (Å²) in [4.78, 5) is 16.6. The van der Waals surface area contributed by atoms with Crippen molar-refractivity contribution in [2.75, 3.05) is 7.11 Å². The van der Waals surface area contributed by atoms with Crippen molar-refractivity contribution in [1.29, 1.82) is 0 Å². The summed E-state index contributed by atoms with van der Waals surface area (Å²) >= 11 is 1.38. The number of aromatic nitrogens is 2. The maximum absolute atomic E-state index is 10.7. The minimum atomic E-state index is 0.681. The Bertz CT molecular complexity index is 684. The minimum Gasteiger partial charge on any atom is -0.497 e. The zero-order valence-electron chi connectivity index (χ0n) is 8.51. The Morgan fingerprint density at radius 2 is 2.38 bits per heavy atom. The number of nitrogens with zero attached hydrogens (tertiary/aromatic N) is 2. The van der Waals surface area contributed by atoms with Crippen LogP contribution in [0.15, 0.2) is 24.4 Å². The average molecular weight is 232 g/mol. The summed E-state index contributed by atoms with van der Waals surface area (Å²) in [7, 11) is 1.63. The molecule has 0 N–H and O–H groups in total. The van der Waals surface area contributed by atoms with Crippen molar-refractivity contribution in [2.45, 2.75) is 0 Å². The maximum Gasteiger partial charge on any atom is 0.195 e. The van der Waals surface area contributed by atoms with E-state index in [-0.39, 0.29) is 0 Å². The number of methoxy groups -OCH3 is 1. The van der Waals surface area contributed by atoms with E-state index in [1.54, 1.807) is 13.3 Å². The van der Waals surface area contributed by atoms with Crippen molar-refractivity contribution >= 4 is 33.6 Å². The van der Waals surface area contributed by atoms with Gasteiger partial charge in [-0.2, -0.15) is 0 Å². The first-order valence-corrected chi connectivity index (χ1v) is 5.54. The van der Waals surface area contributed by atoms with Gasteiger partial charge in [0.15, 0.2) is 11.2 Å². The monoisotopic (exact) mass is 232 g/mol. The van der Waals surface area contributed by atoms with E-state index in [0.29, 0.717) is 4.88 Å². The summed E-state index contributed by atoms with van der Waals surface area (Å²) in [5.74, 6) is 0.786.